The van der Waals surface area contributed by atoms with E-state index in [0.717, 1.165) is 12.3 Å². The van der Waals surface area contributed by atoms with Crippen molar-refractivity contribution in [2.45, 2.75) is 38.1 Å². The molecule has 3 unspecified atom stereocenters. The van der Waals surface area contributed by atoms with Gasteiger partial charge >= 0.3 is 0 Å². The van der Waals surface area contributed by atoms with Crippen LogP contribution in [0.25, 0.3) is 0 Å². The first kappa shape index (κ1) is 9.88. The van der Waals surface area contributed by atoms with Crippen molar-refractivity contribution in [2.75, 3.05) is 12.3 Å². The monoisotopic (exact) mass is 184 g/mol. The molecular formula is C9H16N2S. The summed E-state index contributed by atoms with van der Waals surface area (Å²) in [6, 6.07) is 2.91. The molecule has 1 saturated heterocycles. The first-order valence-electron chi connectivity index (χ1n) is 4.43. The third-order valence-electron chi connectivity index (χ3n) is 2.62. The summed E-state index contributed by atoms with van der Waals surface area (Å²) in [5, 5.41) is 9.45. The van der Waals surface area contributed by atoms with Gasteiger partial charge in [-0.1, -0.05) is 6.92 Å². The van der Waals surface area contributed by atoms with Gasteiger partial charge in [-0.25, -0.2) is 0 Å². The summed E-state index contributed by atoms with van der Waals surface area (Å²) in [6.07, 6.45) is 0. The lowest BCUT2D eigenvalue weighted by molar-refractivity contribution is 0.188. The minimum atomic E-state index is 0.0725. The highest BCUT2D eigenvalue weighted by molar-refractivity contribution is 8.00. The molecule has 0 N–H and O–H groups in total. The Hall–Kier alpha value is -0.200. The number of hydrogen-bond acceptors (Lipinski definition) is 3. The fourth-order valence-electron chi connectivity index (χ4n) is 1.58. The Kier molecular flexibility index (Phi) is 3.42. The van der Waals surface area contributed by atoms with Gasteiger partial charge in [-0.3, -0.25) is 4.90 Å². The largest absolute Gasteiger partial charge is 0.284 e. The fraction of sp³-hybridized carbons (Fsp3) is 0.889. The molecule has 0 radical (unpaired) electrons. The molecule has 1 rings (SSSR count). The van der Waals surface area contributed by atoms with E-state index in [0.29, 0.717) is 11.3 Å². The molecule has 0 amide bonds. The first-order chi connectivity index (χ1) is 5.66. The van der Waals surface area contributed by atoms with E-state index in [1.54, 1.807) is 0 Å². The summed E-state index contributed by atoms with van der Waals surface area (Å²) >= 11 is 2.01. The molecule has 0 spiro atoms. The standard InChI is InChI=1S/C9H16N2S/c1-7(6-10)11-4-5-12-9(3)8(11)2/h7-9H,4-5H2,1-3H3. The molecule has 0 aliphatic carbocycles. The lowest BCUT2D eigenvalue weighted by Crippen LogP contribution is -2.48. The summed E-state index contributed by atoms with van der Waals surface area (Å²) in [7, 11) is 0. The van der Waals surface area contributed by atoms with Crippen LogP contribution in [0.2, 0.25) is 0 Å². The summed E-state index contributed by atoms with van der Waals surface area (Å²) in [5.41, 5.74) is 0. The van der Waals surface area contributed by atoms with Crippen molar-refractivity contribution in [3.63, 3.8) is 0 Å². The molecule has 12 heavy (non-hydrogen) atoms. The van der Waals surface area contributed by atoms with Gasteiger partial charge in [0.15, 0.2) is 0 Å². The van der Waals surface area contributed by atoms with Gasteiger partial charge in [-0.15, -0.1) is 0 Å². The Balaban J connectivity index is 2.58. The van der Waals surface area contributed by atoms with Gasteiger partial charge < -0.3 is 0 Å². The van der Waals surface area contributed by atoms with Gasteiger partial charge in [0.2, 0.25) is 0 Å². The Morgan fingerprint density at radius 1 is 1.58 bits per heavy atom. The molecule has 0 bridgehead atoms. The molecule has 0 aromatic carbocycles. The SMILES string of the molecule is CC1SCCN(C(C)C#N)C1C. The molecule has 3 heteroatoms. The highest BCUT2D eigenvalue weighted by Gasteiger charge is 2.28. The van der Waals surface area contributed by atoms with E-state index >= 15 is 0 Å². The van der Waals surface area contributed by atoms with Gasteiger partial charge in [0, 0.05) is 23.6 Å². The predicted molar refractivity (Wildman–Crippen MR) is 53.2 cm³/mol. The third kappa shape index (κ3) is 1.94. The zero-order valence-corrected chi connectivity index (χ0v) is 8.77. The summed E-state index contributed by atoms with van der Waals surface area (Å²) in [4.78, 5) is 2.29. The lowest BCUT2D eigenvalue weighted by Gasteiger charge is -2.38. The van der Waals surface area contributed by atoms with Crippen molar-refractivity contribution in [3.8, 4) is 6.07 Å². The minimum Gasteiger partial charge on any atom is -0.284 e. The van der Waals surface area contributed by atoms with Crippen molar-refractivity contribution in [1.82, 2.24) is 4.90 Å². The van der Waals surface area contributed by atoms with Crippen LogP contribution in [0.15, 0.2) is 0 Å². The average Bonchev–Trinajstić information content (AvgIpc) is 2.08. The highest BCUT2D eigenvalue weighted by atomic mass is 32.2. The van der Waals surface area contributed by atoms with Crippen LogP contribution in [0.1, 0.15) is 20.8 Å². The summed E-state index contributed by atoms with van der Waals surface area (Å²) in [6.45, 7) is 7.50. The van der Waals surface area contributed by atoms with E-state index in [1.165, 1.54) is 0 Å². The minimum absolute atomic E-state index is 0.0725. The summed E-state index contributed by atoms with van der Waals surface area (Å²) < 4.78 is 0. The van der Waals surface area contributed by atoms with E-state index in [1.807, 2.05) is 18.7 Å². The molecule has 2 nitrogen and oxygen atoms in total. The maximum Gasteiger partial charge on any atom is 0.0952 e. The molecule has 1 fully saturated rings. The van der Waals surface area contributed by atoms with Crippen LogP contribution in [0.5, 0.6) is 0 Å². The van der Waals surface area contributed by atoms with Crippen molar-refractivity contribution in [1.29, 1.82) is 5.26 Å². The maximum absolute atomic E-state index is 8.79. The highest BCUT2D eigenvalue weighted by Crippen LogP contribution is 2.25. The number of nitrogens with zero attached hydrogens (tertiary/aromatic N) is 2. The van der Waals surface area contributed by atoms with Crippen LogP contribution in [-0.2, 0) is 0 Å². The molecule has 0 aromatic rings. The first-order valence-corrected chi connectivity index (χ1v) is 5.48. The van der Waals surface area contributed by atoms with Crippen molar-refractivity contribution >= 4 is 11.8 Å². The second kappa shape index (κ2) is 4.15. The van der Waals surface area contributed by atoms with E-state index in [9.17, 15) is 0 Å². The molecule has 1 aliphatic heterocycles. The zero-order valence-electron chi connectivity index (χ0n) is 7.95. The van der Waals surface area contributed by atoms with Crippen LogP contribution in [0, 0.1) is 11.3 Å². The van der Waals surface area contributed by atoms with Crippen LogP contribution in [0.4, 0.5) is 0 Å². The summed E-state index contributed by atoms with van der Waals surface area (Å²) in [5.74, 6) is 1.16. The molecule has 3 atom stereocenters. The Bertz CT molecular complexity index is 187. The van der Waals surface area contributed by atoms with Gasteiger partial charge in [0.05, 0.1) is 12.1 Å². The molecule has 0 aromatic heterocycles. The second-order valence-corrected chi connectivity index (χ2v) is 4.84. The molecular weight excluding hydrogens is 168 g/mol. The maximum atomic E-state index is 8.79. The van der Waals surface area contributed by atoms with E-state index in [2.05, 4.69) is 24.8 Å². The van der Waals surface area contributed by atoms with Crippen LogP contribution >= 0.6 is 11.8 Å². The third-order valence-corrected chi connectivity index (χ3v) is 3.95. The van der Waals surface area contributed by atoms with Crippen LogP contribution in [0.3, 0.4) is 0 Å². The van der Waals surface area contributed by atoms with Crippen LogP contribution in [-0.4, -0.2) is 34.5 Å². The number of hydrogen-bond donors (Lipinski definition) is 0. The van der Waals surface area contributed by atoms with E-state index in [4.69, 9.17) is 5.26 Å². The van der Waals surface area contributed by atoms with Crippen molar-refractivity contribution in [3.05, 3.63) is 0 Å². The Morgan fingerprint density at radius 3 is 2.83 bits per heavy atom. The number of thioether (sulfide) groups is 1. The van der Waals surface area contributed by atoms with Gasteiger partial charge in [0.25, 0.3) is 0 Å². The molecule has 1 aliphatic rings. The quantitative estimate of drug-likeness (QED) is 0.621. The van der Waals surface area contributed by atoms with Crippen LogP contribution < -0.4 is 0 Å². The number of nitriles is 1. The van der Waals surface area contributed by atoms with Crippen molar-refractivity contribution in [2.24, 2.45) is 0 Å². The molecule has 1 heterocycles. The Labute approximate surface area is 78.9 Å². The van der Waals surface area contributed by atoms with Gasteiger partial charge in [0.1, 0.15) is 0 Å². The lowest BCUT2D eigenvalue weighted by atomic mass is 10.1. The normalized spacial score (nSPS) is 34.2. The Morgan fingerprint density at radius 2 is 2.25 bits per heavy atom. The topological polar surface area (TPSA) is 27.0 Å². The molecule has 68 valence electrons. The van der Waals surface area contributed by atoms with Gasteiger partial charge in [-0.2, -0.15) is 17.0 Å². The van der Waals surface area contributed by atoms with E-state index < -0.39 is 0 Å². The smallest absolute Gasteiger partial charge is 0.0952 e. The van der Waals surface area contributed by atoms with Gasteiger partial charge in [-0.05, 0) is 13.8 Å². The van der Waals surface area contributed by atoms with Crippen molar-refractivity contribution < 1.29 is 0 Å². The average molecular weight is 184 g/mol. The number of rotatable bonds is 1. The fourth-order valence-corrected chi connectivity index (χ4v) is 2.70. The predicted octanol–water partition coefficient (Wildman–Crippen LogP) is 1.72. The second-order valence-electron chi connectivity index (χ2n) is 3.36. The zero-order chi connectivity index (χ0) is 9.14. The van der Waals surface area contributed by atoms with E-state index in [-0.39, 0.29) is 6.04 Å². The molecule has 0 saturated carbocycles.